The molecule has 0 amide bonds. The minimum atomic E-state index is -0.266. The van der Waals surface area contributed by atoms with E-state index in [-0.39, 0.29) is 5.82 Å². The van der Waals surface area contributed by atoms with Crippen LogP contribution in [0, 0.1) is 5.82 Å². The van der Waals surface area contributed by atoms with E-state index < -0.39 is 0 Å². The SMILES string of the molecule is Fc1ccccc1-c1cc2cn(Cn3nnc4ccccc43)ccc-2n1. The third-order valence-electron chi connectivity index (χ3n) is 4.42. The van der Waals surface area contributed by atoms with Crippen LogP contribution in [-0.2, 0) is 6.67 Å². The molecule has 0 bridgehead atoms. The Morgan fingerprint density at radius 1 is 0.923 bits per heavy atom. The first-order valence-electron chi connectivity index (χ1n) is 8.27. The Labute approximate surface area is 148 Å². The largest absolute Gasteiger partial charge is 0.334 e. The number of halogens is 1. The van der Waals surface area contributed by atoms with Crippen molar-refractivity contribution in [3.05, 3.63) is 78.9 Å². The van der Waals surface area contributed by atoms with Gasteiger partial charge < -0.3 is 4.57 Å². The molecular formula is C20H14FN5. The van der Waals surface area contributed by atoms with Crippen molar-refractivity contribution in [3.63, 3.8) is 0 Å². The predicted molar refractivity (Wildman–Crippen MR) is 97.2 cm³/mol. The van der Waals surface area contributed by atoms with Gasteiger partial charge in [0.2, 0.25) is 0 Å². The molecule has 2 aliphatic heterocycles. The summed E-state index contributed by atoms with van der Waals surface area (Å²) >= 11 is 0. The second-order valence-electron chi connectivity index (χ2n) is 6.14. The summed E-state index contributed by atoms with van der Waals surface area (Å²) in [5, 5.41) is 8.39. The van der Waals surface area contributed by atoms with Gasteiger partial charge in [-0.15, -0.1) is 5.10 Å². The molecule has 2 aliphatic rings. The van der Waals surface area contributed by atoms with Gasteiger partial charge in [-0.3, -0.25) is 0 Å². The Morgan fingerprint density at radius 2 is 1.77 bits per heavy atom. The molecule has 0 aliphatic carbocycles. The summed E-state index contributed by atoms with van der Waals surface area (Å²) in [4.78, 5) is 4.54. The summed E-state index contributed by atoms with van der Waals surface area (Å²) in [6.45, 7) is 0.538. The van der Waals surface area contributed by atoms with Gasteiger partial charge in [-0.05, 0) is 36.4 Å². The lowest BCUT2D eigenvalue weighted by Crippen LogP contribution is -2.09. The molecule has 0 atom stereocenters. The van der Waals surface area contributed by atoms with Crippen molar-refractivity contribution in [2.45, 2.75) is 6.67 Å². The number of rotatable bonds is 3. The highest BCUT2D eigenvalue weighted by atomic mass is 19.1. The predicted octanol–water partition coefficient (Wildman–Crippen LogP) is 4.04. The summed E-state index contributed by atoms with van der Waals surface area (Å²) in [5.41, 5.74) is 4.79. The number of hydrogen-bond acceptors (Lipinski definition) is 3. The Bertz CT molecular complexity index is 1190. The molecule has 0 N–H and O–H groups in total. The van der Waals surface area contributed by atoms with E-state index in [0.29, 0.717) is 17.9 Å². The van der Waals surface area contributed by atoms with E-state index in [4.69, 9.17) is 0 Å². The Kier molecular flexibility index (Phi) is 3.28. The van der Waals surface area contributed by atoms with E-state index in [2.05, 4.69) is 15.3 Å². The van der Waals surface area contributed by atoms with Gasteiger partial charge in [0.05, 0.1) is 16.9 Å². The maximum absolute atomic E-state index is 14.0. The van der Waals surface area contributed by atoms with Gasteiger partial charge in [-0.1, -0.05) is 29.5 Å². The molecule has 3 heterocycles. The van der Waals surface area contributed by atoms with Crippen LogP contribution in [0.5, 0.6) is 0 Å². The number of pyridine rings is 1. The summed E-state index contributed by atoms with van der Waals surface area (Å²) < 4.78 is 17.9. The van der Waals surface area contributed by atoms with Gasteiger partial charge in [0.25, 0.3) is 0 Å². The first-order chi connectivity index (χ1) is 12.8. The standard InChI is InChI=1S/C20H14FN5/c21-16-6-2-1-5-15(16)19-11-14-12-25(10-9-17(14)22-19)13-26-20-8-4-3-7-18(20)23-24-26/h1-12H,13H2. The molecule has 0 unspecified atom stereocenters. The van der Waals surface area contributed by atoms with Crippen molar-refractivity contribution in [2.75, 3.05) is 0 Å². The summed E-state index contributed by atoms with van der Waals surface area (Å²) in [7, 11) is 0. The maximum atomic E-state index is 14.0. The molecule has 0 saturated heterocycles. The molecule has 5 rings (SSSR count). The van der Waals surface area contributed by atoms with Crippen molar-refractivity contribution in [2.24, 2.45) is 0 Å². The van der Waals surface area contributed by atoms with Gasteiger partial charge in [-0.25, -0.2) is 14.1 Å². The molecule has 0 spiro atoms. The highest BCUT2D eigenvalue weighted by Crippen LogP contribution is 2.29. The fourth-order valence-electron chi connectivity index (χ4n) is 3.14. The second-order valence-corrected chi connectivity index (χ2v) is 6.14. The van der Waals surface area contributed by atoms with Crippen LogP contribution in [0.25, 0.3) is 33.5 Å². The molecular weight excluding hydrogens is 329 g/mol. The number of hydrogen-bond donors (Lipinski definition) is 0. The highest BCUT2D eigenvalue weighted by molar-refractivity contribution is 5.74. The monoisotopic (exact) mass is 343 g/mol. The van der Waals surface area contributed by atoms with E-state index in [9.17, 15) is 4.39 Å². The summed E-state index contributed by atoms with van der Waals surface area (Å²) in [6.07, 6.45) is 3.93. The minimum absolute atomic E-state index is 0.266. The number of fused-ring (bicyclic) bond motifs is 2. The first kappa shape index (κ1) is 14.8. The van der Waals surface area contributed by atoms with Gasteiger partial charge in [-0.2, -0.15) is 0 Å². The van der Waals surface area contributed by atoms with Gasteiger partial charge in [0.1, 0.15) is 18.0 Å². The molecule has 0 saturated carbocycles. The van der Waals surface area contributed by atoms with Crippen LogP contribution in [0.4, 0.5) is 4.39 Å². The molecule has 2 aromatic carbocycles. The zero-order valence-corrected chi connectivity index (χ0v) is 13.7. The van der Waals surface area contributed by atoms with Crippen LogP contribution < -0.4 is 0 Å². The van der Waals surface area contributed by atoms with Crippen LogP contribution in [0.15, 0.2) is 73.1 Å². The molecule has 0 radical (unpaired) electrons. The molecule has 26 heavy (non-hydrogen) atoms. The quantitative estimate of drug-likeness (QED) is 0.497. The molecule has 5 nitrogen and oxygen atoms in total. The van der Waals surface area contributed by atoms with E-state index >= 15 is 0 Å². The van der Waals surface area contributed by atoms with Gasteiger partial charge in [0, 0.05) is 23.5 Å². The Morgan fingerprint density at radius 3 is 2.69 bits per heavy atom. The van der Waals surface area contributed by atoms with Crippen LogP contribution >= 0.6 is 0 Å². The number of nitrogens with zero attached hydrogens (tertiary/aromatic N) is 5. The van der Waals surface area contributed by atoms with Crippen LogP contribution in [-0.4, -0.2) is 24.5 Å². The maximum Gasteiger partial charge on any atom is 0.132 e. The number of benzene rings is 2. The third-order valence-corrected chi connectivity index (χ3v) is 4.42. The average molecular weight is 343 g/mol. The fourth-order valence-corrected chi connectivity index (χ4v) is 3.14. The Hall–Kier alpha value is -3.54. The second kappa shape index (κ2) is 5.77. The van der Waals surface area contributed by atoms with Crippen LogP contribution in [0.2, 0.25) is 0 Å². The average Bonchev–Trinajstić information content (AvgIpc) is 3.26. The Balaban J connectivity index is 1.52. The molecule has 0 fully saturated rings. The topological polar surface area (TPSA) is 48.5 Å². The van der Waals surface area contributed by atoms with Gasteiger partial charge in [0.15, 0.2) is 0 Å². The number of aromatic nitrogens is 5. The van der Waals surface area contributed by atoms with Crippen molar-refractivity contribution in [1.82, 2.24) is 24.5 Å². The number of para-hydroxylation sites is 1. The summed E-state index contributed by atoms with van der Waals surface area (Å²) in [5.74, 6) is -0.266. The molecule has 6 heteroatoms. The lowest BCUT2D eigenvalue weighted by molar-refractivity contribution is 0.543. The van der Waals surface area contributed by atoms with E-state index in [1.165, 1.54) is 6.07 Å². The smallest absolute Gasteiger partial charge is 0.132 e. The zero-order valence-electron chi connectivity index (χ0n) is 13.7. The third kappa shape index (κ3) is 2.43. The van der Waals surface area contributed by atoms with Crippen molar-refractivity contribution in [1.29, 1.82) is 0 Å². The van der Waals surface area contributed by atoms with Gasteiger partial charge >= 0.3 is 0 Å². The minimum Gasteiger partial charge on any atom is -0.334 e. The first-order valence-corrected chi connectivity index (χ1v) is 8.27. The van der Waals surface area contributed by atoms with E-state index in [0.717, 1.165) is 22.3 Å². The zero-order chi connectivity index (χ0) is 17.5. The molecule has 1 aromatic heterocycles. The molecule has 3 aromatic rings. The molecule has 126 valence electrons. The van der Waals surface area contributed by atoms with Crippen molar-refractivity contribution >= 4 is 11.0 Å². The van der Waals surface area contributed by atoms with Crippen LogP contribution in [0.1, 0.15) is 0 Å². The highest BCUT2D eigenvalue weighted by Gasteiger charge is 2.13. The lowest BCUT2D eigenvalue weighted by atomic mass is 10.1. The van der Waals surface area contributed by atoms with E-state index in [1.54, 1.807) is 12.1 Å². The summed E-state index contributed by atoms with van der Waals surface area (Å²) in [6, 6.07) is 18.4. The van der Waals surface area contributed by atoms with Crippen molar-refractivity contribution < 1.29 is 4.39 Å². The normalized spacial score (nSPS) is 11.4. The van der Waals surface area contributed by atoms with Crippen molar-refractivity contribution in [3.8, 4) is 22.5 Å². The van der Waals surface area contributed by atoms with E-state index in [1.807, 2.05) is 64.1 Å². The van der Waals surface area contributed by atoms with Crippen LogP contribution in [0.3, 0.4) is 0 Å². The lowest BCUT2D eigenvalue weighted by Gasteiger charge is -2.08. The fraction of sp³-hybridized carbons (Fsp3) is 0.0500.